The van der Waals surface area contributed by atoms with Crippen LogP contribution in [0.3, 0.4) is 0 Å². The maximum atomic E-state index is 10.8. The number of hydrogen-bond donors (Lipinski definition) is 3. The van der Waals surface area contributed by atoms with E-state index in [1.807, 2.05) is 12.2 Å². The molecule has 0 rings (SSSR count). The Hall–Kier alpha value is -1.10. The van der Waals surface area contributed by atoms with Gasteiger partial charge in [0.1, 0.15) is 0 Å². The fourth-order valence-electron chi connectivity index (χ4n) is 0.656. The van der Waals surface area contributed by atoms with Crippen LogP contribution >= 0.6 is 0 Å². The fourth-order valence-corrected chi connectivity index (χ4v) is 0.656. The summed E-state index contributed by atoms with van der Waals surface area (Å²) in [5, 5.41) is 1.90. The summed E-state index contributed by atoms with van der Waals surface area (Å²) in [6.07, 6.45) is 1.35. The van der Waals surface area contributed by atoms with Gasteiger partial charge < -0.3 is 11.5 Å². The van der Waals surface area contributed by atoms with Crippen molar-refractivity contribution < 1.29 is 9.59 Å². The molecule has 0 saturated heterocycles. The molecule has 0 heterocycles. The number of amides is 3. The summed E-state index contributed by atoms with van der Waals surface area (Å²) in [6.45, 7) is 1.90. The second-order valence-electron chi connectivity index (χ2n) is 2.25. The van der Waals surface area contributed by atoms with Gasteiger partial charge in [0.2, 0.25) is 5.91 Å². The average Bonchev–Trinajstić information content (AvgIpc) is 1.86. The molecule has 64 valence electrons. The van der Waals surface area contributed by atoms with Crippen LogP contribution in [-0.4, -0.2) is 18.0 Å². The lowest BCUT2D eigenvalue weighted by Gasteiger charge is -2.07. The summed E-state index contributed by atoms with van der Waals surface area (Å²) in [5.41, 5.74) is 10.1. The van der Waals surface area contributed by atoms with Crippen molar-refractivity contribution in [1.82, 2.24) is 5.32 Å². The summed E-state index contributed by atoms with van der Waals surface area (Å²) < 4.78 is 0. The predicted octanol–water partition coefficient (Wildman–Crippen LogP) is -0.691. The van der Waals surface area contributed by atoms with Gasteiger partial charge in [-0.1, -0.05) is 13.3 Å². The molecule has 0 spiro atoms. The van der Waals surface area contributed by atoms with Crippen molar-refractivity contribution in [1.29, 1.82) is 0 Å². The van der Waals surface area contributed by atoms with E-state index in [0.29, 0.717) is 6.42 Å². The summed E-state index contributed by atoms with van der Waals surface area (Å²) >= 11 is 0. The average molecular weight is 159 g/mol. The number of nitrogens with two attached hydrogens (primary N) is 2. The highest BCUT2D eigenvalue weighted by Gasteiger charge is 2.12. The molecule has 3 amide bonds. The van der Waals surface area contributed by atoms with E-state index in [-0.39, 0.29) is 0 Å². The lowest BCUT2D eigenvalue weighted by atomic mass is 10.2. The highest BCUT2D eigenvalue weighted by Crippen LogP contribution is 1.91. The third-order valence-corrected chi connectivity index (χ3v) is 1.18. The van der Waals surface area contributed by atoms with Crippen molar-refractivity contribution in [2.45, 2.75) is 25.8 Å². The number of nitrogens with one attached hydrogen (secondary N) is 1. The van der Waals surface area contributed by atoms with Gasteiger partial charge in [0.05, 0.1) is 6.04 Å². The first-order valence-electron chi connectivity index (χ1n) is 3.43. The minimum absolute atomic E-state index is 0.514. The van der Waals surface area contributed by atoms with E-state index in [1.54, 1.807) is 0 Å². The molecule has 0 fully saturated rings. The SMILES string of the molecule is CCC[C@@H](N)C(=O)NC(N)=O. The molecule has 0 aromatic heterocycles. The zero-order valence-corrected chi connectivity index (χ0v) is 6.46. The molecular formula is C6H13N3O2. The highest BCUT2D eigenvalue weighted by atomic mass is 16.2. The Kier molecular flexibility index (Phi) is 4.21. The van der Waals surface area contributed by atoms with Crippen molar-refractivity contribution in [3.63, 3.8) is 0 Å². The Morgan fingerprint density at radius 2 is 2.09 bits per heavy atom. The lowest BCUT2D eigenvalue weighted by Crippen LogP contribution is -2.45. The first kappa shape index (κ1) is 9.90. The minimum atomic E-state index is -0.860. The van der Waals surface area contributed by atoms with E-state index in [9.17, 15) is 9.59 Å². The molecule has 11 heavy (non-hydrogen) atoms. The quantitative estimate of drug-likeness (QED) is 0.508. The standard InChI is InChI=1S/C6H13N3O2/c1-2-3-4(7)5(10)9-6(8)11/h4H,2-3,7H2,1H3,(H3,8,9,10,11)/t4-/m1/s1. The van der Waals surface area contributed by atoms with Crippen molar-refractivity contribution in [2.24, 2.45) is 11.5 Å². The lowest BCUT2D eigenvalue weighted by molar-refractivity contribution is -0.121. The summed E-state index contributed by atoms with van der Waals surface area (Å²) in [7, 11) is 0. The molecule has 1 atom stereocenters. The van der Waals surface area contributed by atoms with Crippen LogP contribution in [0.25, 0.3) is 0 Å². The van der Waals surface area contributed by atoms with E-state index < -0.39 is 18.0 Å². The molecule has 0 aromatic carbocycles. The Morgan fingerprint density at radius 3 is 2.45 bits per heavy atom. The maximum Gasteiger partial charge on any atom is 0.318 e. The van der Waals surface area contributed by atoms with Gasteiger partial charge >= 0.3 is 6.03 Å². The number of primary amides is 1. The van der Waals surface area contributed by atoms with Crippen molar-refractivity contribution in [2.75, 3.05) is 0 Å². The summed E-state index contributed by atoms with van der Waals surface area (Å²) in [6, 6.07) is -1.49. The number of rotatable bonds is 3. The molecule has 5 N–H and O–H groups in total. The van der Waals surface area contributed by atoms with Crippen molar-refractivity contribution >= 4 is 11.9 Å². The smallest absolute Gasteiger partial charge is 0.318 e. The number of carbonyl (C=O) groups excluding carboxylic acids is 2. The van der Waals surface area contributed by atoms with Crippen LogP contribution in [0.5, 0.6) is 0 Å². The third-order valence-electron chi connectivity index (χ3n) is 1.18. The molecule has 0 radical (unpaired) electrons. The van der Waals surface area contributed by atoms with Gasteiger partial charge in [-0.25, -0.2) is 4.79 Å². The normalized spacial score (nSPS) is 12.2. The largest absolute Gasteiger partial charge is 0.351 e. The molecule has 5 nitrogen and oxygen atoms in total. The van der Waals surface area contributed by atoms with Crippen LogP contribution in [0.15, 0.2) is 0 Å². The molecule has 0 aliphatic heterocycles. The molecule has 0 bridgehead atoms. The second kappa shape index (κ2) is 4.68. The van der Waals surface area contributed by atoms with Crippen LogP contribution in [0.1, 0.15) is 19.8 Å². The number of urea groups is 1. The van der Waals surface area contributed by atoms with Crippen molar-refractivity contribution in [3.8, 4) is 0 Å². The zero-order valence-electron chi connectivity index (χ0n) is 6.46. The topological polar surface area (TPSA) is 98.2 Å². The molecule has 0 aromatic rings. The maximum absolute atomic E-state index is 10.8. The van der Waals surface area contributed by atoms with Crippen LogP contribution in [-0.2, 0) is 4.79 Å². The van der Waals surface area contributed by atoms with Crippen molar-refractivity contribution in [3.05, 3.63) is 0 Å². The minimum Gasteiger partial charge on any atom is -0.351 e. The van der Waals surface area contributed by atoms with E-state index in [1.165, 1.54) is 0 Å². The van der Waals surface area contributed by atoms with Crippen LogP contribution in [0.2, 0.25) is 0 Å². The van der Waals surface area contributed by atoms with Crippen LogP contribution in [0.4, 0.5) is 4.79 Å². The molecule has 0 unspecified atom stereocenters. The van der Waals surface area contributed by atoms with Gasteiger partial charge in [-0.15, -0.1) is 0 Å². The van der Waals surface area contributed by atoms with Crippen LogP contribution in [0, 0.1) is 0 Å². The van der Waals surface area contributed by atoms with E-state index in [4.69, 9.17) is 11.5 Å². The molecule has 5 heteroatoms. The van der Waals surface area contributed by atoms with Gasteiger partial charge in [0.15, 0.2) is 0 Å². The molecule has 0 aliphatic rings. The first-order valence-corrected chi connectivity index (χ1v) is 3.43. The van der Waals surface area contributed by atoms with Gasteiger partial charge in [-0.2, -0.15) is 0 Å². The van der Waals surface area contributed by atoms with Crippen LogP contribution < -0.4 is 16.8 Å². The van der Waals surface area contributed by atoms with Gasteiger partial charge in [-0.3, -0.25) is 10.1 Å². The Balaban J connectivity index is 3.73. The Morgan fingerprint density at radius 1 is 1.55 bits per heavy atom. The van der Waals surface area contributed by atoms with E-state index in [2.05, 4.69) is 0 Å². The van der Waals surface area contributed by atoms with E-state index in [0.717, 1.165) is 6.42 Å². The second-order valence-corrected chi connectivity index (χ2v) is 2.25. The zero-order chi connectivity index (χ0) is 8.85. The Labute approximate surface area is 65.1 Å². The summed E-state index contributed by atoms with van der Waals surface area (Å²) in [5.74, 6) is -0.514. The third kappa shape index (κ3) is 4.32. The number of carbonyl (C=O) groups is 2. The monoisotopic (exact) mass is 159 g/mol. The molecule has 0 saturated carbocycles. The fraction of sp³-hybridized carbons (Fsp3) is 0.667. The van der Waals surface area contributed by atoms with E-state index >= 15 is 0 Å². The molecule has 0 aliphatic carbocycles. The highest BCUT2D eigenvalue weighted by molar-refractivity contribution is 5.96. The predicted molar refractivity (Wildman–Crippen MR) is 40.6 cm³/mol. The van der Waals surface area contributed by atoms with Gasteiger partial charge in [0.25, 0.3) is 0 Å². The van der Waals surface area contributed by atoms with Gasteiger partial charge in [0, 0.05) is 0 Å². The van der Waals surface area contributed by atoms with Gasteiger partial charge in [-0.05, 0) is 6.42 Å². The Bertz CT molecular complexity index is 158. The summed E-state index contributed by atoms with van der Waals surface area (Å²) in [4.78, 5) is 21.0. The molecular weight excluding hydrogens is 146 g/mol. The first-order chi connectivity index (χ1) is 5.07. The number of imide groups is 1. The number of hydrogen-bond acceptors (Lipinski definition) is 3.